The van der Waals surface area contributed by atoms with Crippen LogP contribution in [0.4, 0.5) is 0 Å². The van der Waals surface area contributed by atoms with E-state index in [1.807, 2.05) is 6.92 Å². The predicted molar refractivity (Wildman–Crippen MR) is 53.9 cm³/mol. The fourth-order valence-electron chi connectivity index (χ4n) is 1.57. The van der Waals surface area contributed by atoms with Crippen LogP contribution in [0.5, 0.6) is 0 Å². The first-order valence-corrected chi connectivity index (χ1v) is 4.21. The van der Waals surface area contributed by atoms with E-state index in [-0.39, 0.29) is 54.8 Å². The molecule has 0 aliphatic heterocycles. The van der Waals surface area contributed by atoms with Crippen molar-refractivity contribution in [2.24, 2.45) is 5.92 Å². The van der Waals surface area contributed by atoms with Gasteiger partial charge in [0.05, 0.1) is 0 Å². The van der Waals surface area contributed by atoms with Gasteiger partial charge in [-0.1, -0.05) is 6.92 Å². The number of rotatable bonds is 2. The summed E-state index contributed by atoms with van der Waals surface area (Å²) in [5, 5.41) is 17.5. The van der Waals surface area contributed by atoms with Crippen LogP contribution in [0.25, 0.3) is 0 Å². The monoisotopic (exact) mass is 226 g/mol. The van der Waals surface area contributed by atoms with Crippen LogP contribution >= 0.6 is 0 Å². The molecule has 1 unspecified atom stereocenters. The first-order chi connectivity index (χ1) is 6.02. The Bertz CT molecular complexity index is 283. The molecule has 0 saturated heterocycles. The van der Waals surface area contributed by atoms with Crippen molar-refractivity contribution < 1.29 is 19.8 Å². The van der Waals surface area contributed by atoms with Crippen molar-refractivity contribution in [3.8, 4) is 0 Å². The van der Waals surface area contributed by atoms with Gasteiger partial charge >= 0.3 is 49.7 Å². The summed E-state index contributed by atoms with van der Waals surface area (Å²) >= 11 is 0. The number of hydrogen-bond acceptors (Lipinski definition) is 2. The summed E-state index contributed by atoms with van der Waals surface area (Å²) in [7, 11) is 0. The van der Waals surface area contributed by atoms with Crippen LogP contribution in [0.3, 0.4) is 0 Å². The van der Waals surface area contributed by atoms with Crippen molar-refractivity contribution in [1.29, 1.82) is 0 Å². The van der Waals surface area contributed by atoms with Crippen molar-refractivity contribution in [1.82, 2.24) is 0 Å². The van der Waals surface area contributed by atoms with Gasteiger partial charge < -0.3 is 10.2 Å². The molecule has 5 heteroatoms. The van der Waals surface area contributed by atoms with Gasteiger partial charge in [-0.25, -0.2) is 9.59 Å². The summed E-state index contributed by atoms with van der Waals surface area (Å²) in [6.45, 7) is 1.93. The molecule has 14 heavy (non-hydrogen) atoms. The topological polar surface area (TPSA) is 74.6 Å². The SMILES string of the molecule is CC1CCC(C(=O)O)=C(C(=O)O)C1.[CaH2]. The Morgan fingerprint density at radius 3 is 2.14 bits per heavy atom. The summed E-state index contributed by atoms with van der Waals surface area (Å²) in [4.78, 5) is 21.3. The van der Waals surface area contributed by atoms with Gasteiger partial charge in [0.2, 0.25) is 0 Å². The van der Waals surface area contributed by atoms with Gasteiger partial charge in [-0.05, 0) is 25.2 Å². The minimum absolute atomic E-state index is 0. The van der Waals surface area contributed by atoms with Crippen molar-refractivity contribution in [3.63, 3.8) is 0 Å². The predicted octanol–water partition coefficient (Wildman–Crippen LogP) is 0.356. The first-order valence-electron chi connectivity index (χ1n) is 4.21. The van der Waals surface area contributed by atoms with Crippen LogP contribution in [-0.4, -0.2) is 59.9 Å². The number of carbonyl (C=O) groups is 2. The zero-order valence-electron chi connectivity index (χ0n) is 7.41. The number of hydrogen-bond donors (Lipinski definition) is 2. The zero-order valence-corrected chi connectivity index (χ0v) is 7.41. The van der Waals surface area contributed by atoms with Crippen LogP contribution in [0.1, 0.15) is 26.2 Å². The molecule has 0 fully saturated rings. The molecule has 1 aliphatic rings. The van der Waals surface area contributed by atoms with Crippen molar-refractivity contribution in [2.45, 2.75) is 26.2 Å². The van der Waals surface area contributed by atoms with E-state index in [0.717, 1.165) is 6.42 Å². The van der Waals surface area contributed by atoms with Crippen LogP contribution in [0, 0.1) is 5.92 Å². The van der Waals surface area contributed by atoms with Gasteiger partial charge in [-0.15, -0.1) is 0 Å². The Morgan fingerprint density at radius 2 is 1.71 bits per heavy atom. The maximum atomic E-state index is 10.7. The molecular formula is C9H14CaO4. The summed E-state index contributed by atoms with van der Waals surface area (Å²) in [5.41, 5.74) is 0.150. The summed E-state index contributed by atoms with van der Waals surface area (Å²) in [6.07, 6.45) is 1.51. The summed E-state index contributed by atoms with van der Waals surface area (Å²) < 4.78 is 0. The Labute approximate surface area is 112 Å². The van der Waals surface area contributed by atoms with Gasteiger partial charge in [0.25, 0.3) is 0 Å². The fourth-order valence-corrected chi connectivity index (χ4v) is 1.57. The first kappa shape index (κ1) is 13.9. The zero-order chi connectivity index (χ0) is 10.0. The molecule has 0 saturated carbocycles. The maximum absolute atomic E-state index is 10.7. The van der Waals surface area contributed by atoms with Gasteiger partial charge in [-0.3, -0.25) is 0 Å². The minimum atomic E-state index is -1.09. The average Bonchev–Trinajstić information content (AvgIpc) is 2.03. The van der Waals surface area contributed by atoms with Crippen molar-refractivity contribution in [2.75, 3.05) is 0 Å². The normalized spacial score (nSPS) is 21.4. The Kier molecular flexibility index (Phi) is 5.71. The van der Waals surface area contributed by atoms with Crippen molar-refractivity contribution >= 4 is 49.7 Å². The third-order valence-electron chi connectivity index (χ3n) is 2.32. The molecule has 4 nitrogen and oxygen atoms in total. The molecule has 0 heterocycles. The summed E-state index contributed by atoms with van der Waals surface area (Å²) in [6, 6.07) is 0. The number of carboxylic acid groups (broad SMARTS) is 2. The molecule has 76 valence electrons. The molecule has 0 spiro atoms. The van der Waals surface area contributed by atoms with E-state index in [1.54, 1.807) is 0 Å². The van der Waals surface area contributed by atoms with Gasteiger partial charge in [0.15, 0.2) is 0 Å². The van der Waals surface area contributed by atoms with Crippen molar-refractivity contribution in [3.05, 3.63) is 11.1 Å². The van der Waals surface area contributed by atoms with E-state index in [0.29, 0.717) is 12.8 Å². The second-order valence-electron chi connectivity index (χ2n) is 3.42. The molecule has 0 radical (unpaired) electrons. The quantitative estimate of drug-likeness (QED) is 0.666. The van der Waals surface area contributed by atoms with E-state index < -0.39 is 11.9 Å². The third-order valence-corrected chi connectivity index (χ3v) is 2.32. The van der Waals surface area contributed by atoms with E-state index in [9.17, 15) is 9.59 Å². The number of aliphatic carboxylic acids is 2. The van der Waals surface area contributed by atoms with Gasteiger partial charge in [-0.2, -0.15) is 0 Å². The molecule has 0 bridgehead atoms. The average molecular weight is 226 g/mol. The van der Waals surface area contributed by atoms with Crippen LogP contribution in [0.2, 0.25) is 0 Å². The van der Waals surface area contributed by atoms with Crippen LogP contribution in [-0.2, 0) is 9.59 Å². The molecule has 0 aromatic carbocycles. The van der Waals surface area contributed by atoms with Crippen LogP contribution < -0.4 is 0 Å². The van der Waals surface area contributed by atoms with E-state index >= 15 is 0 Å². The van der Waals surface area contributed by atoms with E-state index in [1.165, 1.54) is 0 Å². The Morgan fingerprint density at radius 1 is 1.21 bits per heavy atom. The Balaban J connectivity index is 0.00000169. The molecule has 0 aromatic rings. The van der Waals surface area contributed by atoms with Crippen LogP contribution in [0.15, 0.2) is 11.1 Å². The van der Waals surface area contributed by atoms with E-state index in [2.05, 4.69) is 0 Å². The number of carboxylic acids is 2. The molecule has 1 aliphatic carbocycles. The molecular weight excluding hydrogens is 212 g/mol. The molecule has 0 aromatic heterocycles. The molecule has 1 atom stereocenters. The van der Waals surface area contributed by atoms with E-state index in [4.69, 9.17) is 10.2 Å². The van der Waals surface area contributed by atoms with Gasteiger partial charge in [0, 0.05) is 11.1 Å². The standard InChI is InChI=1S/C9H12O4.Ca.2H/c1-5-2-3-6(8(10)11)7(4-5)9(12)13;;;/h5H,2-4H2,1H3,(H,10,11)(H,12,13);;;. The Hall–Kier alpha value is -0.0603. The molecule has 2 N–H and O–H groups in total. The molecule has 0 amide bonds. The fraction of sp³-hybridized carbons (Fsp3) is 0.556. The van der Waals surface area contributed by atoms with Gasteiger partial charge in [0.1, 0.15) is 0 Å². The molecule has 1 rings (SSSR count). The second kappa shape index (κ2) is 5.73. The summed E-state index contributed by atoms with van der Waals surface area (Å²) in [5.74, 6) is -1.91. The third kappa shape index (κ3) is 3.26. The second-order valence-corrected chi connectivity index (χ2v) is 3.42.